The molecule has 0 radical (unpaired) electrons. The molecule has 3 nitrogen and oxygen atoms in total. The lowest BCUT2D eigenvalue weighted by atomic mass is 9.87. The van der Waals surface area contributed by atoms with Crippen molar-refractivity contribution in [2.24, 2.45) is 0 Å². The third kappa shape index (κ3) is 3.54. The molecule has 0 fully saturated rings. The van der Waals surface area contributed by atoms with Crippen molar-refractivity contribution < 1.29 is 14.7 Å². The predicted molar refractivity (Wildman–Crippen MR) is 76.8 cm³/mol. The lowest BCUT2D eigenvalue weighted by Crippen LogP contribution is -2.14. The molecule has 0 aliphatic carbocycles. The van der Waals surface area contributed by atoms with Crippen molar-refractivity contribution in [3.05, 3.63) is 71.8 Å². The van der Waals surface area contributed by atoms with Crippen molar-refractivity contribution in [1.82, 2.24) is 0 Å². The minimum Gasteiger partial charge on any atom is -0.481 e. The van der Waals surface area contributed by atoms with Gasteiger partial charge >= 0.3 is 5.97 Å². The smallest absolute Gasteiger partial charge is 0.303 e. The number of carboxylic acid groups (broad SMARTS) is 1. The van der Waals surface area contributed by atoms with Crippen molar-refractivity contribution in [2.75, 3.05) is 0 Å². The summed E-state index contributed by atoms with van der Waals surface area (Å²) in [6.07, 6.45) is 0.297. The van der Waals surface area contributed by atoms with Crippen LogP contribution >= 0.6 is 0 Å². The molecule has 2 aromatic rings. The molecule has 0 saturated carbocycles. The Morgan fingerprint density at radius 1 is 0.900 bits per heavy atom. The number of rotatable bonds is 6. The van der Waals surface area contributed by atoms with Crippen LogP contribution in [-0.4, -0.2) is 16.9 Å². The van der Waals surface area contributed by atoms with E-state index in [1.165, 1.54) is 0 Å². The summed E-state index contributed by atoms with van der Waals surface area (Å²) in [5, 5.41) is 8.85. The first-order valence-corrected chi connectivity index (χ1v) is 6.54. The SMILES string of the molecule is O=C(O)CC[C@H](C(=O)c1ccccc1)c1ccccc1. The number of ketones is 1. The zero-order valence-corrected chi connectivity index (χ0v) is 11.0. The molecule has 0 heterocycles. The summed E-state index contributed by atoms with van der Waals surface area (Å²) in [6, 6.07) is 18.3. The van der Waals surface area contributed by atoms with Gasteiger partial charge in [-0.3, -0.25) is 9.59 Å². The van der Waals surface area contributed by atoms with Gasteiger partial charge in [0.1, 0.15) is 0 Å². The Bertz CT molecular complexity index is 576. The van der Waals surface area contributed by atoms with Gasteiger partial charge < -0.3 is 5.11 Å². The summed E-state index contributed by atoms with van der Waals surface area (Å²) in [5.41, 5.74) is 1.48. The fraction of sp³-hybridized carbons (Fsp3) is 0.176. The fourth-order valence-corrected chi connectivity index (χ4v) is 2.21. The average molecular weight is 268 g/mol. The Kier molecular flexibility index (Phi) is 4.66. The van der Waals surface area contributed by atoms with E-state index in [0.717, 1.165) is 5.56 Å². The molecule has 0 bridgehead atoms. The first kappa shape index (κ1) is 14.0. The van der Waals surface area contributed by atoms with Gasteiger partial charge in [0, 0.05) is 17.9 Å². The normalized spacial score (nSPS) is 11.8. The van der Waals surface area contributed by atoms with Gasteiger partial charge in [0.2, 0.25) is 0 Å². The lowest BCUT2D eigenvalue weighted by Gasteiger charge is -2.15. The highest BCUT2D eigenvalue weighted by atomic mass is 16.4. The highest BCUT2D eigenvalue weighted by Crippen LogP contribution is 2.25. The molecule has 0 aliphatic rings. The van der Waals surface area contributed by atoms with Crippen LogP contribution in [-0.2, 0) is 4.79 Å². The molecule has 0 aromatic heterocycles. The van der Waals surface area contributed by atoms with Crippen LogP contribution in [0.1, 0.15) is 34.7 Å². The molecule has 1 atom stereocenters. The van der Waals surface area contributed by atoms with E-state index in [0.29, 0.717) is 12.0 Å². The van der Waals surface area contributed by atoms with Gasteiger partial charge in [0.05, 0.1) is 0 Å². The van der Waals surface area contributed by atoms with E-state index in [1.54, 1.807) is 12.1 Å². The largest absolute Gasteiger partial charge is 0.481 e. The molecule has 102 valence electrons. The molecular formula is C17H16O3. The van der Waals surface area contributed by atoms with E-state index in [2.05, 4.69) is 0 Å². The van der Waals surface area contributed by atoms with E-state index < -0.39 is 11.9 Å². The number of carbonyl (C=O) groups excluding carboxylic acids is 1. The van der Waals surface area contributed by atoms with Gasteiger partial charge in [0.15, 0.2) is 5.78 Å². The number of Topliss-reactive ketones (excluding diaryl/α,β-unsaturated/α-hetero) is 1. The van der Waals surface area contributed by atoms with Crippen LogP contribution in [0.15, 0.2) is 60.7 Å². The van der Waals surface area contributed by atoms with Crippen LogP contribution in [0.4, 0.5) is 0 Å². The number of hydrogen-bond acceptors (Lipinski definition) is 2. The first-order chi connectivity index (χ1) is 9.68. The third-order valence-corrected chi connectivity index (χ3v) is 3.22. The summed E-state index contributed by atoms with van der Waals surface area (Å²) in [7, 11) is 0. The topological polar surface area (TPSA) is 54.4 Å². The van der Waals surface area contributed by atoms with Gasteiger partial charge in [-0.25, -0.2) is 0 Å². The Labute approximate surface area is 117 Å². The summed E-state index contributed by atoms with van der Waals surface area (Å²) in [6.45, 7) is 0. The van der Waals surface area contributed by atoms with Crippen LogP contribution in [0, 0.1) is 0 Å². The number of carbonyl (C=O) groups is 2. The summed E-state index contributed by atoms with van der Waals surface area (Å²) >= 11 is 0. The van der Waals surface area contributed by atoms with E-state index >= 15 is 0 Å². The maximum Gasteiger partial charge on any atom is 0.303 e. The molecular weight excluding hydrogens is 252 g/mol. The molecule has 0 aliphatic heterocycles. The van der Waals surface area contributed by atoms with Gasteiger partial charge in [0.25, 0.3) is 0 Å². The number of benzene rings is 2. The summed E-state index contributed by atoms with van der Waals surface area (Å²) in [4.78, 5) is 23.3. The lowest BCUT2D eigenvalue weighted by molar-refractivity contribution is -0.137. The van der Waals surface area contributed by atoms with Gasteiger partial charge in [-0.05, 0) is 12.0 Å². The van der Waals surface area contributed by atoms with Crippen LogP contribution in [0.25, 0.3) is 0 Å². The molecule has 2 rings (SSSR count). The second-order valence-corrected chi connectivity index (χ2v) is 4.63. The highest BCUT2D eigenvalue weighted by Gasteiger charge is 2.22. The molecule has 0 amide bonds. The quantitative estimate of drug-likeness (QED) is 0.815. The molecule has 20 heavy (non-hydrogen) atoms. The van der Waals surface area contributed by atoms with Crippen molar-refractivity contribution >= 4 is 11.8 Å². The average Bonchev–Trinajstić information content (AvgIpc) is 2.49. The predicted octanol–water partition coefficient (Wildman–Crippen LogP) is 3.52. The van der Waals surface area contributed by atoms with Crippen LogP contribution in [0.3, 0.4) is 0 Å². The molecule has 0 unspecified atom stereocenters. The highest BCUT2D eigenvalue weighted by molar-refractivity contribution is 6.01. The van der Waals surface area contributed by atoms with Gasteiger partial charge in [-0.2, -0.15) is 0 Å². The van der Waals surface area contributed by atoms with Gasteiger partial charge in [-0.1, -0.05) is 60.7 Å². The summed E-state index contributed by atoms with van der Waals surface area (Å²) < 4.78 is 0. The van der Waals surface area contributed by atoms with E-state index in [9.17, 15) is 9.59 Å². The number of hydrogen-bond donors (Lipinski definition) is 1. The summed E-state index contributed by atoms with van der Waals surface area (Å²) in [5.74, 6) is -1.32. The molecule has 3 heteroatoms. The zero-order chi connectivity index (χ0) is 14.4. The number of aliphatic carboxylic acids is 1. The minimum absolute atomic E-state index is 0.0157. The fourth-order valence-electron chi connectivity index (χ4n) is 2.21. The molecule has 0 spiro atoms. The Hall–Kier alpha value is -2.42. The molecule has 2 aromatic carbocycles. The van der Waals surface area contributed by atoms with Crippen molar-refractivity contribution in [3.8, 4) is 0 Å². The maximum atomic E-state index is 12.6. The first-order valence-electron chi connectivity index (χ1n) is 6.54. The number of carboxylic acids is 1. The van der Waals surface area contributed by atoms with E-state index in [4.69, 9.17) is 5.11 Å². The third-order valence-electron chi connectivity index (χ3n) is 3.22. The zero-order valence-electron chi connectivity index (χ0n) is 11.0. The van der Waals surface area contributed by atoms with Crippen LogP contribution in [0.2, 0.25) is 0 Å². The maximum absolute atomic E-state index is 12.6. The van der Waals surface area contributed by atoms with Crippen molar-refractivity contribution in [2.45, 2.75) is 18.8 Å². The Morgan fingerprint density at radius 3 is 2.00 bits per heavy atom. The second-order valence-electron chi connectivity index (χ2n) is 4.63. The van der Waals surface area contributed by atoms with Crippen molar-refractivity contribution in [3.63, 3.8) is 0 Å². The second kappa shape index (κ2) is 6.66. The molecule has 1 N–H and O–H groups in total. The standard InChI is InChI=1S/C17H16O3/c18-16(19)12-11-15(13-7-3-1-4-8-13)17(20)14-9-5-2-6-10-14/h1-10,15H,11-12H2,(H,18,19)/t15-/m0/s1. The van der Waals surface area contributed by atoms with E-state index in [1.807, 2.05) is 48.5 Å². The van der Waals surface area contributed by atoms with Crippen LogP contribution in [0.5, 0.6) is 0 Å². The Balaban J connectivity index is 2.27. The monoisotopic (exact) mass is 268 g/mol. The van der Waals surface area contributed by atoms with Crippen LogP contribution < -0.4 is 0 Å². The van der Waals surface area contributed by atoms with E-state index in [-0.39, 0.29) is 12.2 Å². The Morgan fingerprint density at radius 2 is 1.45 bits per heavy atom. The minimum atomic E-state index is -0.883. The molecule has 0 saturated heterocycles. The van der Waals surface area contributed by atoms with Crippen molar-refractivity contribution in [1.29, 1.82) is 0 Å². The van der Waals surface area contributed by atoms with Gasteiger partial charge in [-0.15, -0.1) is 0 Å².